The van der Waals surface area contributed by atoms with Crippen molar-refractivity contribution in [3.8, 4) is 5.75 Å². The van der Waals surface area contributed by atoms with Crippen molar-refractivity contribution in [3.63, 3.8) is 0 Å². The Hall–Kier alpha value is -1.30. The summed E-state index contributed by atoms with van der Waals surface area (Å²) < 4.78 is 42.2. The van der Waals surface area contributed by atoms with Crippen LogP contribution in [-0.4, -0.2) is 11.1 Å². The number of thiocarbonyl (C=S) groups is 1. The Bertz CT molecular complexity index is 392. The Kier molecular flexibility index (Phi) is 3.74. The molecule has 88 valence electrons. The molecule has 0 aliphatic heterocycles. The monoisotopic (exact) mass is 249 g/mol. The van der Waals surface area contributed by atoms with E-state index in [2.05, 4.69) is 12.2 Å². The van der Waals surface area contributed by atoms with Gasteiger partial charge in [0.25, 0.3) is 0 Å². The van der Waals surface area contributed by atoms with Gasteiger partial charge in [-0.15, -0.1) is 0 Å². The Balaban J connectivity index is 2.87. The number of halogens is 3. The van der Waals surface area contributed by atoms with E-state index in [0.717, 1.165) is 12.1 Å². The van der Waals surface area contributed by atoms with E-state index in [4.69, 9.17) is 10.5 Å². The van der Waals surface area contributed by atoms with Gasteiger partial charge in [-0.25, -0.2) is 0 Å². The highest BCUT2D eigenvalue weighted by atomic mass is 32.1. The van der Waals surface area contributed by atoms with Gasteiger partial charge in [0.05, 0.1) is 5.56 Å². The van der Waals surface area contributed by atoms with E-state index in [1.807, 2.05) is 0 Å². The molecule has 0 aliphatic carbocycles. The molecule has 0 saturated carbocycles. The first-order valence-electron chi connectivity index (χ1n) is 4.44. The average Bonchev–Trinajstić information content (AvgIpc) is 2.16. The molecule has 0 spiro atoms. The van der Waals surface area contributed by atoms with Crippen molar-refractivity contribution in [2.45, 2.75) is 19.2 Å². The molecule has 1 rings (SSSR count). The minimum Gasteiger partial charge on any atom is -0.484 e. The maximum Gasteiger partial charge on any atom is 0.416 e. The third kappa shape index (κ3) is 3.37. The second-order valence-corrected chi connectivity index (χ2v) is 3.66. The summed E-state index contributed by atoms with van der Waals surface area (Å²) >= 11 is 4.65. The lowest BCUT2D eigenvalue weighted by molar-refractivity contribution is -0.137. The number of rotatable bonds is 3. The van der Waals surface area contributed by atoms with E-state index in [0.29, 0.717) is 0 Å². The predicted octanol–water partition coefficient (Wildman–Crippen LogP) is 2.76. The summed E-state index contributed by atoms with van der Waals surface area (Å²) in [5.74, 6) is 0.0927. The summed E-state index contributed by atoms with van der Waals surface area (Å²) in [6.07, 6.45) is -4.98. The molecule has 16 heavy (non-hydrogen) atoms. The zero-order chi connectivity index (χ0) is 12.3. The molecule has 6 heteroatoms. The van der Waals surface area contributed by atoms with E-state index in [1.165, 1.54) is 12.1 Å². The minimum absolute atomic E-state index is 0.0927. The van der Waals surface area contributed by atoms with Gasteiger partial charge in [0.2, 0.25) is 0 Å². The van der Waals surface area contributed by atoms with Gasteiger partial charge in [0.15, 0.2) is 0 Å². The number of hydrogen-bond donors (Lipinski definition) is 1. The fraction of sp³-hybridized carbons (Fsp3) is 0.300. The molecule has 0 heterocycles. The molecule has 0 aliphatic rings. The molecular weight excluding hydrogens is 239 g/mol. The number of nitrogens with two attached hydrogens (primary N) is 1. The summed E-state index contributed by atoms with van der Waals surface area (Å²) in [6, 6.07) is 4.57. The molecule has 0 bridgehead atoms. The van der Waals surface area contributed by atoms with Crippen molar-refractivity contribution in [2.24, 2.45) is 5.73 Å². The van der Waals surface area contributed by atoms with Crippen LogP contribution in [0.4, 0.5) is 13.2 Å². The van der Waals surface area contributed by atoms with E-state index in [-0.39, 0.29) is 10.7 Å². The number of ether oxygens (including phenoxy) is 1. The predicted molar refractivity (Wildman–Crippen MR) is 58.3 cm³/mol. The topological polar surface area (TPSA) is 35.2 Å². The van der Waals surface area contributed by atoms with Crippen LogP contribution in [0.2, 0.25) is 0 Å². The van der Waals surface area contributed by atoms with E-state index >= 15 is 0 Å². The fourth-order valence-corrected chi connectivity index (χ4v) is 1.06. The lowest BCUT2D eigenvalue weighted by atomic mass is 10.2. The maximum atomic E-state index is 12.4. The molecule has 0 aromatic heterocycles. The normalized spacial score (nSPS) is 13.2. The van der Waals surface area contributed by atoms with Gasteiger partial charge >= 0.3 is 6.18 Å². The van der Waals surface area contributed by atoms with E-state index < -0.39 is 17.8 Å². The van der Waals surface area contributed by atoms with Crippen LogP contribution < -0.4 is 10.5 Å². The van der Waals surface area contributed by atoms with Crippen LogP contribution in [0.15, 0.2) is 24.3 Å². The molecule has 1 aromatic rings. The second kappa shape index (κ2) is 4.69. The molecule has 1 atom stereocenters. The Morgan fingerprint density at radius 3 is 2.56 bits per heavy atom. The lowest BCUT2D eigenvalue weighted by Crippen LogP contribution is -2.28. The number of hydrogen-bond acceptors (Lipinski definition) is 2. The van der Waals surface area contributed by atoms with Crippen molar-refractivity contribution >= 4 is 17.2 Å². The summed E-state index contributed by atoms with van der Waals surface area (Å²) in [5, 5.41) is 0. The van der Waals surface area contributed by atoms with Crippen LogP contribution in [0.1, 0.15) is 12.5 Å². The quantitative estimate of drug-likeness (QED) is 0.836. The number of alkyl halides is 3. The highest BCUT2D eigenvalue weighted by Gasteiger charge is 2.30. The van der Waals surface area contributed by atoms with Gasteiger partial charge < -0.3 is 10.5 Å². The van der Waals surface area contributed by atoms with Gasteiger partial charge in [-0.2, -0.15) is 13.2 Å². The van der Waals surface area contributed by atoms with Gasteiger partial charge in [-0.1, -0.05) is 18.3 Å². The van der Waals surface area contributed by atoms with Crippen molar-refractivity contribution < 1.29 is 17.9 Å². The van der Waals surface area contributed by atoms with Crippen LogP contribution in [0.5, 0.6) is 5.75 Å². The van der Waals surface area contributed by atoms with Crippen molar-refractivity contribution in [1.82, 2.24) is 0 Å². The molecule has 0 saturated heterocycles. The van der Waals surface area contributed by atoms with Crippen molar-refractivity contribution in [3.05, 3.63) is 29.8 Å². The molecule has 2 nitrogen and oxygen atoms in total. The first kappa shape index (κ1) is 12.8. The molecule has 0 fully saturated rings. The van der Waals surface area contributed by atoms with Crippen LogP contribution in [-0.2, 0) is 6.18 Å². The maximum absolute atomic E-state index is 12.4. The lowest BCUT2D eigenvalue weighted by Gasteiger charge is -2.14. The third-order valence-corrected chi connectivity index (χ3v) is 2.21. The van der Waals surface area contributed by atoms with Crippen LogP contribution in [0, 0.1) is 0 Å². The summed E-state index contributed by atoms with van der Waals surface area (Å²) in [6.45, 7) is 1.57. The standard InChI is InChI=1S/C10H10F3NOS/c1-6(9(14)16)15-8-4-2-3-7(5-8)10(11,12)13/h2-6H,1H3,(H2,14,16). The Morgan fingerprint density at radius 2 is 2.06 bits per heavy atom. The van der Waals surface area contributed by atoms with Crippen molar-refractivity contribution in [2.75, 3.05) is 0 Å². The van der Waals surface area contributed by atoms with Crippen molar-refractivity contribution in [1.29, 1.82) is 0 Å². The highest BCUT2D eigenvalue weighted by molar-refractivity contribution is 7.80. The Morgan fingerprint density at radius 1 is 1.44 bits per heavy atom. The average molecular weight is 249 g/mol. The van der Waals surface area contributed by atoms with Crippen LogP contribution in [0.3, 0.4) is 0 Å². The summed E-state index contributed by atoms with van der Waals surface area (Å²) in [5.41, 5.74) is 4.53. The second-order valence-electron chi connectivity index (χ2n) is 3.19. The summed E-state index contributed by atoms with van der Waals surface area (Å²) in [4.78, 5) is 0.0948. The molecule has 1 aromatic carbocycles. The van der Waals surface area contributed by atoms with Gasteiger partial charge in [-0.3, -0.25) is 0 Å². The zero-order valence-electron chi connectivity index (χ0n) is 8.41. The molecule has 0 radical (unpaired) electrons. The largest absolute Gasteiger partial charge is 0.484 e. The zero-order valence-corrected chi connectivity index (χ0v) is 9.23. The van der Waals surface area contributed by atoms with Gasteiger partial charge in [0, 0.05) is 0 Å². The minimum atomic E-state index is -4.38. The summed E-state index contributed by atoms with van der Waals surface area (Å²) in [7, 11) is 0. The molecule has 1 unspecified atom stereocenters. The van der Waals surface area contributed by atoms with Crippen LogP contribution >= 0.6 is 12.2 Å². The fourth-order valence-electron chi connectivity index (χ4n) is 1.01. The number of benzene rings is 1. The van der Waals surface area contributed by atoms with E-state index in [1.54, 1.807) is 6.92 Å². The van der Waals surface area contributed by atoms with Gasteiger partial charge in [-0.05, 0) is 25.1 Å². The van der Waals surface area contributed by atoms with Gasteiger partial charge in [0.1, 0.15) is 16.8 Å². The third-order valence-electron chi connectivity index (χ3n) is 1.87. The first-order chi connectivity index (χ1) is 7.30. The smallest absolute Gasteiger partial charge is 0.416 e. The molecule has 2 N–H and O–H groups in total. The van der Waals surface area contributed by atoms with Crippen LogP contribution in [0.25, 0.3) is 0 Å². The molecule has 0 amide bonds. The first-order valence-corrected chi connectivity index (χ1v) is 4.85. The SMILES string of the molecule is CC(Oc1cccc(C(F)(F)F)c1)C(N)=S. The van der Waals surface area contributed by atoms with E-state index in [9.17, 15) is 13.2 Å². The highest BCUT2D eigenvalue weighted by Crippen LogP contribution is 2.31. The molecular formula is C10H10F3NOS. The Labute approximate surface area is 96.2 Å².